The van der Waals surface area contributed by atoms with Gasteiger partial charge in [-0.05, 0) is 61.5 Å². The van der Waals surface area contributed by atoms with Gasteiger partial charge in [0.15, 0.2) is 5.11 Å². The fourth-order valence-corrected chi connectivity index (χ4v) is 4.79. The first-order valence-corrected chi connectivity index (χ1v) is 10.5. The van der Waals surface area contributed by atoms with Crippen LogP contribution in [0.5, 0.6) is 0 Å². The zero-order valence-electron chi connectivity index (χ0n) is 16.2. The summed E-state index contributed by atoms with van der Waals surface area (Å²) in [6.45, 7) is 7.30. The fourth-order valence-electron chi connectivity index (χ4n) is 4.53. The third kappa shape index (κ3) is 3.86. The van der Waals surface area contributed by atoms with Gasteiger partial charge in [0, 0.05) is 31.7 Å². The Morgan fingerprint density at radius 3 is 2.74 bits per heavy atom. The average Bonchev–Trinajstić information content (AvgIpc) is 2.87. The number of aryl methyl sites for hydroxylation is 1. The van der Waals surface area contributed by atoms with Crippen molar-refractivity contribution in [2.45, 2.75) is 52.5 Å². The Balaban J connectivity index is 1.61. The molecule has 0 amide bonds. The molecule has 1 fully saturated rings. The van der Waals surface area contributed by atoms with E-state index in [-0.39, 0.29) is 5.56 Å². The molecule has 3 heterocycles. The number of hydrogen-bond donors (Lipinski definition) is 1. The van der Waals surface area contributed by atoms with Gasteiger partial charge in [-0.3, -0.25) is 9.36 Å². The van der Waals surface area contributed by atoms with Crippen molar-refractivity contribution in [2.75, 3.05) is 18.4 Å². The van der Waals surface area contributed by atoms with E-state index < -0.39 is 0 Å². The Labute approximate surface area is 165 Å². The van der Waals surface area contributed by atoms with Crippen molar-refractivity contribution in [1.82, 2.24) is 14.5 Å². The molecule has 1 saturated heterocycles. The molecule has 144 valence electrons. The molecule has 0 spiro atoms. The maximum absolute atomic E-state index is 13.0. The number of aromatic nitrogens is 2. The molecule has 1 aromatic heterocycles. The Morgan fingerprint density at radius 1 is 1.19 bits per heavy atom. The summed E-state index contributed by atoms with van der Waals surface area (Å²) >= 11 is 5.65. The van der Waals surface area contributed by atoms with Gasteiger partial charge in [0.2, 0.25) is 0 Å². The summed E-state index contributed by atoms with van der Waals surface area (Å²) < 4.78 is 1.87. The van der Waals surface area contributed by atoms with Crippen molar-refractivity contribution in [3.63, 3.8) is 0 Å². The number of rotatable bonds is 1. The third-order valence-corrected chi connectivity index (χ3v) is 6.08. The van der Waals surface area contributed by atoms with Crippen molar-refractivity contribution in [3.8, 4) is 0 Å². The lowest BCUT2D eigenvalue weighted by Crippen LogP contribution is -2.44. The molecule has 1 aromatic carbocycles. The fraction of sp³-hybridized carbons (Fsp3) is 0.571. The van der Waals surface area contributed by atoms with Crippen LogP contribution in [-0.2, 0) is 13.0 Å². The van der Waals surface area contributed by atoms with Gasteiger partial charge in [-0.25, -0.2) is 4.98 Å². The number of benzene rings is 1. The topological polar surface area (TPSA) is 50.2 Å². The molecule has 0 saturated carbocycles. The van der Waals surface area contributed by atoms with Crippen molar-refractivity contribution in [3.05, 3.63) is 34.4 Å². The third-order valence-electron chi connectivity index (χ3n) is 5.72. The molecule has 27 heavy (non-hydrogen) atoms. The van der Waals surface area contributed by atoms with Gasteiger partial charge >= 0.3 is 0 Å². The van der Waals surface area contributed by atoms with Gasteiger partial charge in [-0.2, -0.15) is 0 Å². The Hall–Kier alpha value is -1.95. The molecule has 2 aliphatic heterocycles. The Bertz CT molecular complexity index is 912. The van der Waals surface area contributed by atoms with Gasteiger partial charge < -0.3 is 10.2 Å². The Kier molecular flexibility index (Phi) is 5.17. The lowest BCUT2D eigenvalue weighted by Gasteiger charge is -2.36. The summed E-state index contributed by atoms with van der Waals surface area (Å²) in [5, 5.41) is 4.77. The summed E-state index contributed by atoms with van der Waals surface area (Å²) in [6, 6.07) is 5.83. The van der Waals surface area contributed by atoms with Gasteiger partial charge in [0.1, 0.15) is 5.82 Å². The number of nitrogens with zero attached hydrogens (tertiary/aromatic N) is 3. The number of hydrogen-bond acceptors (Lipinski definition) is 3. The second kappa shape index (κ2) is 7.58. The lowest BCUT2D eigenvalue weighted by molar-refractivity contribution is 0.216. The number of anilines is 1. The normalized spacial score (nSPS) is 23.0. The van der Waals surface area contributed by atoms with E-state index in [0.29, 0.717) is 17.2 Å². The smallest absolute Gasteiger partial charge is 0.261 e. The van der Waals surface area contributed by atoms with Gasteiger partial charge in [-0.15, -0.1) is 0 Å². The second-order valence-electron chi connectivity index (χ2n) is 8.31. The molecule has 1 N–H and O–H groups in total. The molecule has 6 heteroatoms. The van der Waals surface area contributed by atoms with E-state index in [0.717, 1.165) is 67.5 Å². The monoisotopic (exact) mass is 384 g/mol. The number of likely N-dealkylation sites (tertiary alicyclic amines) is 1. The maximum atomic E-state index is 13.0. The molecule has 0 aliphatic carbocycles. The molecule has 2 aliphatic rings. The molecular formula is C21H28N4OS. The minimum Gasteiger partial charge on any atom is -0.348 e. The van der Waals surface area contributed by atoms with E-state index in [9.17, 15) is 4.79 Å². The van der Waals surface area contributed by atoms with Crippen LogP contribution < -0.4 is 10.9 Å². The first-order valence-electron chi connectivity index (χ1n) is 10.1. The predicted molar refractivity (Wildman–Crippen MR) is 114 cm³/mol. The van der Waals surface area contributed by atoms with Crippen molar-refractivity contribution in [2.24, 2.45) is 11.8 Å². The van der Waals surface area contributed by atoms with Gasteiger partial charge in [0.05, 0.1) is 10.9 Å². The van der Waals surface area contributed by atoms with Crippen LogP contribution in [0.1, 0.15) is 45.4 Å². The van der Waals surface area contributed by atoms with Gasteiger partial charge in [-0.1, -0.05) is 20.3 Å². The molecule has 0 bridgehead atoms. The van der Waals surface area contributed by atoms with Crippen molar-refractivity contribution < 1.29 is 0 Å². The van der Waals surface area contributed by atoms with Crippen molar-refractivity contribution >= 4 is 33.9 Å². The SMILES string of the molecule is C[C@H]1C[C@H](C)CN(C(=S)Nc2ccc3nc4n(c(=O)c3c2)CCCCC4)C1. The molecule has 2 aromatic rings. The first-order chi connectivity index (χ1) is 13.0. The first kappa shape index (κ1) is 18.4. The summed E-state index contributed by atoms with van der Waals surface area (Å²) in [4.78, 5) is 20.0. The van der Waals surface area contributed by atoms with Crippen LogP contribution in [0.25, 0.3) is 10.9 Å². The van der Waals surface area contributed by atoms with E-state index in [1.807, 2.05) is 22.8 Å². The van der Waals surface area contributed by atoms with E-state index in [1.165, 1.54) is 6.42 Å². The van der Waals surface area contributed by atoms with E-state index in [2.05, 4.69) is 24.1 Å². The van der Waals surface area contributed by atoms with E-state index >= 15 is 0 Å². The zero-order chi connectivity index (χ0) is 19.0. The predicted octanol–water partition coefficient (Wildman–Crippen LogP) is 3.80. The van der Waals surface area contributed by atoms with Gasteiger partial charge in [0.25, 0.3) is 5.56 Å². The number of fused-ring (bicyclic) bond motifs is 2. The van der Waals surface area contributed by atoms with E-state index in [1.54, 1.807) is 0 Å². The molecule has 2 atom stereocenters. The highest BCUT2D eigenvalue weighted by molar-refractivity contribution is 7.80. The van der Waals surface area contributed by atoms with Crippen LogP contribution in [0.3, 0.4) is 0 Å². The van der Waals surface area contributed by atoms with Crippen LogP contribution in [0, 0.1) is 11.8 Å². The standard InChI is InChI=1S/C21H28N4OS/c1-14-10-15(2)13-24(12-14)21(27)22-16-7-8-18-17(11-16)20(26)25-9-5-3-4-6-19(25)23-18/h7-8,11,14-15H,3-6,9-10,12-13H2,1-2H3,(H,22,27)/t14-,15-/m0/s1. The molecule has 0 radical (unpaired) electrons. The molecule has 0 unspecified atom stereocenters. The van der Waals surface area contributed by atoms with E-state index in [4.69, 9.17) is 17.2 Å². The quantitative estimate of drug-likeness (QED) is 0.758. The number of thiocarbonyl (C=S) groups is 1. The summed E-state index contributed by atoms with van der Waals surface area (Å²) in [5.41, 5.74) is 1.72. The Morgan fingerprint density at radius 2 is 1.96 bits per heavy atom. The maximum Gasteiger partial charge on any atom is 0.261 e. The van der Waals surface area contributed by atoms with Crippen LogP contribution in [-0.4, -0.2) is 32.7 Å². The molecule has 4 rings (SSSR count). The minimum absolute atomic E-state index is 0.0756. The molecular weight excluding hydrogens is 356 g/mol. The lowest BCUT2D eigenvalue weighted by atomic mass is 9.92. The average molecular weight is 385 g/mol. The van der Waals surface area contributed by atoms with Crippen LogP contribution in [0.4, 0.5) is 5.69 Å². The summed E-state index contributed by atoms with van der Waals surface area (Å²) in [5.74, 6) is 2.22. The largest absolute Gasteiger partial charge is 0.348 e. The highest BCUT2D eigenvalue weighted by atomic mass is 32.1. The molecule has 5 nitrogen and oxygen atoms in total. The highest BCUT2D eigenvalue weighted by Crippen LogP contribution is 2.23. The number of piperidine rings is 1. The van der Waals surface area contributed by atoms with Crippen molar-refractivity contribution in [1.29, 1.82) is 0 Å². The zero-order valence-corrected chi connectivity index (χ0v) is 17.0. The summed E-state index contributed by atoms with van der Waals surface area (Å²) in [7, 11) is 0. The minimum atomic E-state index is 0.0756. The van der Waals surface area contributed by atoms with Crippen LogP contribution in [0.15, 0.2) is 23.0 Å². The van der Waals surface area contributed by atoms with Crippen LogP contribution >= 0.6 is 12.2 Å². The second-order valence-corrected chi connectivity index (χ2v) is 8.70. The van der Waals surface area contributed by atoms with Crippen LogP contribution in [0.2, 0.25) is 0 Å². The highest BCUT2D eigenvalue weighted by Gasteiger charge is 2.23. The number of nitrogens with one attached hydrogen (secondary N) is 1. The summed E-state index contributed by atoms with van der Waals surface area (Å²) in [6.07, 6.45) is 5.46.